The van der Waals surface area contributed by atoms with E-state index in [1.165, 1.54) is 0 Å². The topological polar surface area (TPSA) is 60.0 Å². The highest BCUT2D eigenvalue weighted by Crippen LogP contribution is 2.22. The van der Waals surface area contributed by atoms with Gasteiger partial charge in [-0.25, -0.2) is 0 Å². The Morgan fingerprint density at radius 2 is 1.83 bits per heavy atom. The molecule has 23 heavy (non-hydrogen) atoms. The maximum Gasteiger partial charge on any atom is 0.251 e. The molecule has 0 aromatic heterocycles. The zero-order valence-electron chi connectivity index (χ0n) is 14.1. The molecule has 0 bridgehead atoms. The van der Waals surface area contributed by atoms with Crippen molar-refractivity contribution in [2.24, 2.45) is 5.92 Å². The van der Waals surface area contributed by atoms with Crippen molar-refractivity contribution in [2.45, 2.75) is 6.92 Å². The molecule has 1 heterocycles. The molecule has 0 spiro atoms. The molecule has 128 valence electrons. The number of methoxy groups -OCH3 is 2. The van der Waals surface area contributed by atoms with Gasteiger partial charge in [-0.1, -0.05) is 6.92 Å². The number of benzene rings is 1. The third kappa shape index (κ3) is 5.41. The fraction of sp³-hybridized carbons (Fsp3) is 0.588. The molecule has 0 saturated carbocycles. The van der Waals surface area contributed by atoms with Crippen LogP contribution in [0.15, 0.2) is 18.2 Å². The Labute approximate surface area is 137 Å². The summed E-state index contributed by atoms with van der Waals surface area (Å²) in [6.07, 6.45) is 0. The van der Waals surface area contributed by atoms with Crippen molar-refractivity contribution >= 4 is 5.91 Å². The highest BCUT2D eigenvalue weighted by molar-refractivity contribution is 5.95. The van der Waals surface area contributed by atoms with Crippen molar-refractivity contribution in [1.29, 1.82) is 0 Å². The van der Waals surface area contributed by atoms with Crippen LogP contribution in [0, 0.1) is 5.92 Å². The molecule has 2 rings (SSSR count). The number of ether oxygens (including phenoxy) is 3. The second-order valence-corrected chi connectivity index (χ2v) is 5.83. The number of carbonyl (C=O) groups is 1. The molecule has 1 aliphatic rings. The Kier molecular flexibility index (Phi) is 6.67. The van der Waals surface area contributed by atoms with Crippen molar-refractivity contribution in [2.75, 3.05) is 53.6 Å². The Morgan fingerprint density at radius 3 is 2.39 bits per heavy atom. The summed E-state index contributed by atoms with van der Waals surface area (Å²) in [5, 5.41) is 2.98. The van der Waals surface area contributed by atoms with E-state index in [0.29, 0.717) is 29.5 Å². The van der Waals surface area contributed by atoms with Crippen LogP contribution >= 0.6 is 0 Å². The summed E-state index contributed by atoms with van der Waals surface area (Å²) in [7, 11) is 3.14. The Balaban J connectivity index is 1.86. The van der Waals surface area contributed by atoms with Gasteiger partial charge in [0, 0.05) is 37.8 Å². The number of hydrogen-bond acceptors (Lipinski definition) is 5. The van der Waals surface area contributed by atoms with Crippen LogP contribution in [0.25, 0.3) is 0 Å². The smallest absolute Gasteiger partial charge is 0.251 e. The van der Waals surface area contributed by atoms with E-state index in [9.17, 15) is 4.79 Å². The summed E-state index contributed by atoms with van der Waals surface area (Å²) in [6, 6.07) is 5.17. The highest BCUT2D eigenvalue weighted by Gasteiger charge is 2.15. The van der Waals surface area contributed by atoms with Gasteiger partial charge in [-0.15, -0.1) is 0 Å². The zero-order chi connectivity index (χ0) is 16.7. The molecule has 1 atom stereocenters. The minimum Gasteiger partial charge on any atom is -0.497 e. The van der Waals surface area contributed by atoms with Crippen LogP contribution < -0.4 is 14.8 Å². The number of nitrogens with one attached hydrogen (secondary N) is 1. The normalized spacial score (nSPS) is 16.7. The lowest BCUT2D eigenvalue weighted by atomic mass is 10.1. The minimum absolute atomic E-state index is 0.115. The van der Waals surface area contributed by atoms with Gasteiger partial charge in [-0.2, -0.15) is 0 Å². The molecule has 1 aromatic carbocycles. The lowest BCUT2D eigenvalue weighted by Crippen LogP contribution is -2.41. The molecule has 1 N–H and O–H groups in total. The second-order valence-electron chi connectivity index (χ2n) is 5.83. The predicted octanol–water partition coefficient (Wildman–Crippen LogP) is 1.40. The van der Waals surface area contributed by atoms with Gasteiger partial charge in [0.2, 0.25) is 0 Å². The van der Waals surface area contributed by atoms with Gasteiger partial charge in [0.25, 0.3) is 5.91 Å². The summed E-state index contributed by atoms with van der Waals surface area (Å²) in [5.74, 6) is 1.48. The van der Waals surface area contributed by atoms with Crippen molar-refractivity contribution in [3.05, 3.63) is 23.8 Å². The van der Waals surface area contributed by atoms with Crippen molar-refractivity contribution in [1.82, 2.24) is 10.2 Å². The quantitative estimate of drug-likeness (QED) is 0.822. The van der Waals surface area contributed by atoms with Crippen molar-refractivity contribution in [3.8, 4) is 11.5 Å². The first-order chi connectivity index (χ1) is 11.1. The lowest BCUT2D eigenvalue weighted by molar-refractivity contribution is 0.0317. The molecule has 1 amide bonds. The largest absolute Gasteiger partial charge is 0.497 e. The summed E-state index contributed by atoms with van der Waals surface area (Å²) in [6.45, 7) is 7.25. The maximum atomic E-state index is 12.3. The molecule has 6 nitrogen and oxygen atoms in total. The van der Waals surface area contributed by atoms with Crippen LogP contribution in [0.4, 0.5) is 0 Å². The Bertz CT molecular complexity index is 493. The molecule has 6 heteroatoms. The first-order valence-electron chi connectivity index (χ1n) is 7.93. The summed E-state index contributed by atoms with van der Waals surface area (Å²) >= 11 is 0. The van der Waals surface area contributed by atoms with Gasteiger partial charge in [-0.3, -0.25) is 9.69 Å². The van der Waals surface area contributed by atoms with Crippen LogP contribution in [-0.4, -0.2) is 64.4 Å². The third-order valence-electron chi connectivity index (χ3n) is 3.90. The van der Waals surface area contributed by atoms with E-state index in [1.807, 2.05) is 0 Å². The number of nitrogens with zero attached hydrogens (tertiary/aromatic N) is 1. The summed E-state index contributed by atoms with van der Waals surface area (Å²) < 4.78 is 15.7. The highest BCUT2D eigenvalue weighted by atomic mass is 16.5. The standard InChI is InChI=1S/C17H26N2O4/c1-13(12-19-4-6-23-7-5-19)11-18-17(20)14-8-15(21-2)10-16(9-14)22-3/h8-10,13H,4-7,11-12H2,1-3H3,(H,18,20). The summed E-state index contributed by atoms with van der Waals surface area (Å²) in [4.78, 5) is 14.7. The Morgan fingerprint density at radius 1 is 1.22 bits per heavy atom. The van der Waals surface area contributed by atoms with Crippen LogP contribution in [0.1, 0.15) is 17.3 Å². The van der Waals surface area contributed by atoms with Gasteiger partial charge in [-0.05, 0) is 18.1 Å². The van der Waals surface area contributed by atoms with Crippen LogP contribution in [-0.2, 0) is 4.74 Å². The number of amides is 1. The number of carbonyl (C=O) groups excluding carboxylic acids is 1. The van der Waals surface area contributed by atoms with Crippen LogP contribution in [0.3, 0.4) is 0 Å². The van der Waals surface area contributed by atoms with E-state index >= 15 is 0 Å². The van der Waals surface area contributed by atoms with E-state index in [2.05, 4.69) is 17.1 Å². The number of hydrogen-bond donors (Lipinski definition) is 1. The molecule has 0 radical (unpaired) electrons. The predicted molar refractivity (Wildman–Crippen MR) is 88.3 cm³/mol. The Hall–Kier alpha value is -1.79. The van der Waals surface area contributed by atoms with Gasteiger partial charge in [0.05, 0.1) is 27.4 Å². The van der Waals surface area contributed by atoms with Gasteiger partial charge < -0.3 is 19.5 Å². The van der Waals surface area contributed by atoms with E-state index in [-0.39, 0.29) is 5.91 Å². The number of rotatable bonds is 7. The molecule has 1 saturated heterocycles. The van der Waals surface area contributed by atoms with Gasteiger partial charge in [0.1, 0.15) is 11.5 Å². The van der Waals surface area contributed by atoms with E-state index in [4.69, 9.17) is 14.2 Å². The van der Waals surface area contributed by atoms with Crippen LogP contribution in [0.2, 0.25) is 0 Å². The molecular weight excluding hydrogens is 296 g/mol. The average Bonchev–Trinajstić information content (AvgIpc) is 2.60. The number of morpholine rings is 1. The molecule has 0 aliphatic carbocycles. The molecule has 1 aromatic rings. The van der Waals surface area contributed by atoms with Gasteiger partial charge >= 0.3 is 0 Å². The zero-order valence-corrected chi connectivity index (χ0v) is 14.1. The van der Waals surface area contributed by atoms with Crippen molar-refractivity contribution < 1.29 is 19.0 Å². The van der Waals surface area contributed by atoms with E-state index < -0.39 is 0 Å². The average molecular weight is 322 g/mol. The van der Waals surface area contributed by atoms with E-state index in [1.54, 1.807) is 32.4 Å². The molecule has 1 fully saturated rings. The fourth-order valence-corrected chi connectivity index (χ4v) is 2.60. The molecule has 1 aliphatic heterocycles. The molecule has 1 unspecified atom stereocenters. The molecular formula is C17H26N2O4. The maximum absolute atomic E-state index is 12.3. The van der Waals surface area contributed by atoms with Crippen LogP contribution in [0.5, 0.6) is 11.5 Å². The third-order valence-corrected chi connectivity index (χ3v) is 3.90. The summed E-state index contributed by atoms with van der Waals surface area (Å²) in [5.41, 5.74) is 0.541. The monoisotopic (exact) mass is 322 g/mol. The lowest BCUT2D eigenvalue weighted by Gasteiger charge is -2.29. The fourth-order valence-electron chi connectivity index (χ4n) is 2.60. The first-order valence-corrected chi connectivity index (χ1v) is 7.93. The second kappa shape index (κ2) is 8.74. The van der Waals surface area contributed by atoms with Gasteiger partial charge in [0.15, 0.2) is 0 Å². The SMILES string of the molecule is COc1cc(OC)cc(C(=O)NCC(C)CN2CCOCC2)c1. The minimum atomic E-state index is -0.115. The van der Waals surface area contributed by atoms with Crippen molar-refractivity contribution in [3.63, 3.8) is 0 Å². The van der Waals surface area contributed by atoms with E-state index in [0.717, 1.165) is 32.8 Å². The first kappa shape index (κ1) is 17.6.